The Hall–Kier alpha value is 1.52. The van der Waals surface area contributed by atoms with E-state index in [1.807, 2.05) is 0 Å². The molecule has 0 aromatic carbocycles. The predicted molar refractivity (Wildman–Crippen MR) is 22.8 cm³/mol. The fourth-order valence-corrected chi connectivity index (χ4v) is 0. The van der Waals surface area contributed by atoms with Crippen LogP contribution < -0.4 is 0 Å². The van der Waals surface area contributed by atoms with Crippen LogP contribution in [0.25, 0.3) is 0 Å². The van der Waals surface area contributed by atoms with Crippen molar-refractivity contribution >= 4 is 30.2 Å². The summed E-state index contributed by atoms with van der Waals surface area (Å²) in [5, 5.41) is 0. The maximum absolute atomic E-state index is 4.73. The van der Waals surface area contributed by atoms with Gasteiger partial charge in [0, 0.05) is 0 Å². The van der Waals surface area contributed by atoms with Crippen LogP contribution in [0.1, 0.15) is 0 Å². The van der Waals surface area contributed by atoms with Gasteiger partial charge in [-0.25, -0.2) is 0 Å². The zero-order chi connectivity index (χ0) is 2.71. The molecule has 0 radical (unpaired) electrons. The first-order valence-electron chi connectivity index (χ1n) is 0.252. The molecule has 0 fully saturated rings. The van der Waals surface area contributed by atoms with Gasteiger partial charge in [0.15, 0.2) is 0 Å². The molecule has 0 aromatic rings. The summed E-state index contributed by atoms with van der Waals surface area (Å²) in [6.45, 7) is 0. The molecule has 0 amide bonds. The molecule has 0 saturated heterocycles. The van der Waals surface area contributed by atoms with Gasteiger partial charge in [0.25, 0.3) is 0 Å². The van der Waals surface area contributed by atoms with Gasteiger partial charge in [-0.15, -0.1) is 0 Å². The molecule has 31 valence electrons. The van der Waals surface area contributed by atoms with Crippen molar-refractivity contribution in [3.05, 3.63) is 0 Å². The van der Waals surface area contributed by atoms with Crippen LogP contribution in [0.4, 0.5) is 0 Å². The summed E-state index contributed by atoms with van der Waals surface area (Å²) in [5.74, 6) is 0. The zero-order valence-corrected chi connectivity index (χ0v) is 5.76. The number of hydrogen-bond donors (Lipinski definition) is 0. The molecule has 0 aliphatic heterocycles. The SMILES string of the molecule is P.[Cl][Co][Cl]. The molecule has 0 bridgehead atoms. The van der Waals surface area contributed by atoms with Gasteiger partial charge in [-0.2, -0.15) is 9.90 Å². The monoisotopic (exact) mass is 163 g/mol. The van der Waals surface area contributed by atoms with Crippen LogP contribution >= 0.6 is 30.2 Å². The van der Waals surface area contributed by atoms with E-state index in [1.54, 1.807) is 0 Å². The molecule has 4 heavy (non-hydrogen) atoms. The zero-order valence-electron chi connectivity index (χ0n) is 1.80. The summed E-state index contributed by atoms with van der Waals surface area (Å²) in [5.41, 5.74) is 0. The topological polar surface area (TPSA) is 0 Å². The Labute approximate surface area is 43.3 Å². The van der Waals surface area contributed by atoms with E-state index in [2.05, 4.69) is 0 Å². The second kappa shape index (κ2) is 8.82. The van der Waals surface area contributed by atoms with Gasteiger partial charge in [-0.1, -0.05) is 0 Å². The molecule has 0 heterocycles. The first-order valence-corrected chi connectivity index (χ1v) is 3.12. The van der Waals surface area contributed by atoms with Crippen LogP contribution in [-0.2, 0) is 12.9 Å². The van der Waals surface area contributed by atoms with Crippen LogP contribution in [0.3, 0.4) is 0 Å². The summed E-state index contributed by atoms with van der Waals surface area (Å²) in [7, 11) is 9.47. The van der Waals surface area contributed by atoms with Crippen molar-refractivity contribution in [1.82, 2.24) is 0 Å². The van der Waals surface area contributed by atoms with E-state index in [0.29, 0.717) is 12.9 Å². The quantitative estimate of drug-likeness (QED) is 0.475. The maximum atomic E-state index is 4.73. The van der Waals surface area contributed by atoms with Crippen molar-refractivity contribution in [2.75, 3.05) is 0 Å². The molecular weight excluding hydrogens is 161 g/mol. The van der Waals surface area contributed by atoms with Crippen LogP contribution in [0.15, 0.2) is 0 Å². The number of rotatable bonds is 0. The fraction of sp³-hybridized carbons (Fsp3) is 0. The Morgan fingerprint density at radius 3 is 1.25 bits per heavy atom. The van der Waals surface area contributed by atoms with E-state index in [9.17, 15) is 0 Å². The first kappa shape index (κ1) is 9.10. The van der Waals surface area contributed by atoms with Crippen molar-refractivity contribution in [2.24, 2.45) is 0 Å². The first-order chi connectivity index (χ1) is 1.41. The Bertz CT molecular complexity index is 6.00. The second-order valence-corrected chi connectivity index (χ2v) is 1.77. The van der Waals surface area contributed by atoms with Gasteiger partial charge in [-0.05, 0) is 0 Å². The molecule has 0 aliphatic rings. The van der Waals surface area contributed by atoms with Crippen molar-refractivity contribution in [3.63, 3.8) is 0 Å². The van der Waals surface area contributed by atoms with Crippen molar-refractivity contribution in [1.29, 1.82) is 0 Å². The van der Waals surface area contributed by atoms with Crippen LogP contribution in [0.2, 0.25) is 0 Å². The predicted octanol–water partition coefficient (Wildman–Crippen LogP) is 1.43. The molecule has 0 spiro atoms. The third-order valence-corrected chi connectivity index (χ3v) is 0. The summed E-state index contributed by atoms with van der Waals surface area (Å²) in [6, 6.07) is 0. The Morgan fingerprint density at radius 2 is 1.25 bits per heavy atom. The molecule has 1 unspecified atom stereocenters. The summed E-state index contributed by atoms with van der Waals surface area (Å²) in [6.07, 6.45) is 0. The molecule has 0 rings (SSSR count). The molecule has 0 aliphatic carbocycles. The fourth-order valence-electron chi connectivity index (χ4n) is 0. The van der Waals surface area contributed by atoms with E-state index >= 15 is 0 Å². The van der Waals surface area contributed by atoms with Gasteiger partial charge >= 0.3 is 33.2 Å². The second-order valence-electron chi connectivity index (χ2n) is 0.0476. The summed E-state index contributed by atoms with van der Waals surface area (Å²) < 4.78 is 0. The molecule has 0 saturated carbocycles. The van der Waals surface area contributed by atoms with Gasteiger partial charge in [0.1, 0.15) is 0 Å². The van der Waals surface area contributed by atoms with Gasteiger partial charge < -0.3 is 0 Å². The van der Waals surface area contributed by atoms with E-state index in [0.717, 1.165) is 0 Å². The Kier molecular flexibility index (Phi) is 20.1. The average Bonchev–Trinajstić information content (AvgIpc) is 0.918. The van der Waals surface area contributed by atoms with E-state index in [-0.39, 0.29) is 9.90 Å². The van der Waals surface area contributed by atoms with E-state index in [1.165, 1.54) is 0 Å². The molecule has 1 atom stereocenters. The molecule has 0 nitrogen and oxygen atoms in total. The van der Waals surface area contributed by atoms with E-state index < -0.39 is 0 Å². The van der Waals surface area contributed by atoms with E-state index in [4.69, 9.17) is 20.3 Å². The summed E-state index contributed by atoms with van der Waals surface area (Å²) in [4.78, 5) is 0. The summed E-state index contributed by atoms with van der Waals surface area (Å²) >= 11 is 0.382. The standard InChI is InChI=1S/2ClH.Co.H3P/h2*1H;;1H3/q;;+2;/p-2. The number of halogens is 2. The average molecular weight is 164 g/mol. The van der Waals surface area contributed by atoms with Crippen LogP contribution in [0.5, 0.6) is 0 Å². The van der Waals surface area contributed by atoms with Crippen molar-refractivity contribution in [2.45, 2.75) is 0 Å². The third-order valence-electron chi connectivity index (χ3n) is 0. The van der Waals surface area contributed by atoms with Crippen LogP contribution in [0, 0.1) is 0 Å². The van der Waals surface area contributed by atoms with Gasteiger partial charge in [-0.3, -0.25) is 0 Å². The third kappa shape index (κ3) is 9.68. The van der Waals surface area contributed by atoms with Gasteiger partial charge in [0.2, 0.25) is 0 Å². The van der Waals surface area contributed by atoms with Crippen LogP contribution in [-0.4, -0.2) is 0 Å². The minimum atomic E-state index is 0. The Morgan fingerprint density at radius 1 is 1.25 bits per heavy atom. The normalized spacial score (nSPS) is 5.50. The van der Waals surface area contributed by atoms with Crippen molar-refractivity contribution < 1.29 is 12.9 Å². The number of hydrogen-bond acceptors (Lipinski definition) is 0. The van der Waals surface area contributed by atoms with Crippen molar-refractivity contribution in [3.8, 4) is 0 Å². The molecule has 0 aromatic heterocycles. The minimum absolute atomic E-state index is 0. The van der Waals surface area contributed by atoms with Gasteiger partial charge in [0.05, 0.1) is 0 Å². The molecular formula is H3Cl2CoP. The molecule has 0 N–H and O–H groups in total. The molecule has 4 heteroatoms. The Balaban J connectivity index is 0.